The molecule has 0 spiro atoms. The topological polar surface area (TPSA) is 34.1 Å². The minimum atomic E-state index is 0.0146. The summed E-state index contributed by atoms with van der Waals surface area (Å²) >= 11 is 0. The summed E-state index contributed by atoms with van der Waals surface area (Å²) in [6.45, 7) is 5.13. The van der Waals surface area contributed by atoms with Crippen LogP contribution in [0.25, 0.3) is 6.08 Å². The summed E-state index contributed by atoms with van der Waals surface area (Å²) in [5.41, 5.74) is 1.64. The Hall–Kier alpha value is -1.70. The maximum absolute atomic E-state index is 11.6. The zero-order chi connectivity index (χ0) is 11.3. The fourth-order valence-corrected chi connectivity index (χ4v) is 1.24. The van der Waals surface area contributed by atoms with Gasteiger partial charge in [0.1, 0.15) is 5.78 Å². The second-order valence-corrected chi connectivity index (χ2v) is 3.45. The van der Waals surface area contributed by atoms with Crippen LogP contribution in [-0.4, -0.2) is 11.6 Å². The minimum absolute atomic E-state index is 0.0146. The molecule has 1 aromatic rings. The van der Waals surface area contributed by atoms with Gasteiger partial charge in [0.2, 0.25) is 0 Å². The van der Waals surface area contributed by atoms with E-state index >= 15 is 0 Å². The fraction of sp³-hybridized carbons (Fsp3) is 0.231. The van der Waals surface area contributed by atoms with Crippen LogP contribution in [0.2, 0.25) is 0 Å². The summed E-state index contributed by atoms with van der Waals surface area (Å²) < 4.78 is 0. The smallest absolute Gasteiger partial charge is 0.163 e. The molecule has 0 saturated carbocycles. The van der Waals surface area contributed by atoms with Gasteiger partial charge in [-0.05, 0) is 12.5 Å². The number of hydrogen-bond acceptors (Lipinski definition) is 2. The largest absolute Gasteiger partial charge is 0.300 e. The van der Waals surface area contributed by atoms with Crippen LogP contribution < -0.4 is 0 Å². The highest BCUT2D eigenvalue weighted by Crippen LogP contribution is 2.09. The highest BCUT2D eigenvalue weighted by molar-refractivity contribution is 5.98. The highest BCUT2D eigenvalue weighted by Gasteiger charge is 2.06. The van der Waals surface area contributed by atoms with Crippen molar-refractivity contribution in [3.8, 4) is 0 Å². The molecule has 1 rings (SSSR count). The average Bonchev–Trinajstić information content (AvgIpc) is 2.26. The van der Waals surface area contributed by atoms with Crippen molar-refractivity contribution in [1.82, 2.24) is 0 Å². The van der Waals surface area contributed by atoms with E-state index in [1.54, 1.807) is 18.2 Å². The maximum atomic E-state index is 11.6. The lowest BCUT2D eigenvalue weighted by molar-refractivity contribution is -0.116. The summed E-state index contributed by atoms with van der Waals surface area (Å²) in [6.07, 6.45) is 2.34. The number of carbonyl (C=O) groups excluding carboxylic acids is 2. The Bertz CT molecular complexity index is 374. The van der Waals surface area contributed by atoms with Crippen molar-refractivity contribution in [3.63, 3.8) is 0 Å². The molecule has 2 heteroatoms. The predicted molar refractivity (Wildman–Crippen MR) is 60.8 cm³/mol. The van der Waals surface area contributed by atoms with E-state index in [4.69, 9.17) is 0 Å². The molecule has 0 aliphatic rings. The van der Waals surface area contributed by atoms with Crippen molar-refractivity contribution in [3.05, 3.63) is 42.0 Å². The number of carbonyl (C=O) groups is 2. The van der Waals surface area contributed by atoms with Gasteiger partial charge in [0.15, 0.2) is 5.78 Å². The standard InChI is InChI=1S/C13H14O2/c1-3-11-5-7-12(8-6-11)13(15)9-4-10(2)14/h3,5-8H,1,4,9H2,2H3. The Balaban J connectivity index is 2.66. The van der Waals surface area contributed by atoms with Crippen molar-refractivity contribution < 1.29 is 9.59 Å². The van der Waals surface area contributed by atoms with Crippen LogP contribution in [-0.2, 0) is 4.79 Å². The molecule has 0 amide bonds. The number of Topliss-reactive ketones (excluding diaryl/α,β-unsaturated/α-hetero) is 2. The lowest BCUT2D eigenvalue weighted by atomic mass is 10.0. The quantitative estimate of drug-likeness (QED) is 0.688. The molecule has 0 fully saturated rings. The van der Waals surface area contributed by atoms with Crippen LogP contribution in [0.4, 0.5) is 0 Å². The molecule has 0 aromatic heterocycles. The predicted octanol–water partition coefficient (Wildman–Crippen LogP) is 2.88. The third-order valence-electron chi connectivity index (χ3n) is 2.17. The van der Waals surface area contributed by atoms with E-state index in [1.165, 1.54) is 6.92 Å². The van der Waals surface area contributed by atoms with E-state index in [0.29, 0.717) is 18.4 Å². The van der Waals surface area contributed by atoms with Gasteiger partial charge in [-0.3, -0.25) is 4.79 Å². The summed E-state index contributed by atoms with van der Waals surface area (Å²) in [5, 5.41) is 0. The van der Waals surface area contributed by atoms with Crippen LogP contribution >= 0.6 is 0 Å². The molecule has 0 bridgehead atoms. The van der Waals surface area contributed by atoms with Gasteiger partial charge in [-0.1, -0.05) is 36.9 Å². The van der Waals surface area contributed by atoms with Crippen LogP contribution in [0.1, 0.15) is 35.7 Å². The Morgan fingerprint density at radius 3 is 2.27 bits per heavy atom. The fourth-order valence-electron chi connectivity index (χ4n) is 1.24. The molecule has 0 atom stereocenters. The number of ketones is 2. The van der Waals surface area contributed by atoms with Crippen LogP contribution in [0.5, 0.6) is 0 Å². The number of hydrogen-bond donors (Lipinski definition) is 0. The molecule has 2 nitrogen and oxygen atoms in total. The molecule has 78 valence electrons. The number of benzene rings is 1. The SMILES string of the molecule is C=Cc1ccc(C(=O)CCC(C)=O)cc1. The molecule has 0 N–H and O–H groups in total. The van der Waals surface area contributed by atoms with Gasteiger partial charge in [0.05, 0.1) is 0 Å². The minimum Gasteiger partial charge on any atom is -0.300 e. The molecule has 0 unspecified atom stereocenters. The molecule has 15 heavy (non-hydrogen) atoms. The van der Waals surface area contributed by atoms with Crippen LogP contribution in [0, 0.1) is 0 Å². The molecule has 0 aliphatic carbocycles. The maximum Gasteiger partial charge on any atom is 0.163 e. The van der Waals surface area contributed by atoms with Gasteiger partial charge in [-0.2, -0.15) is 0 Å². The van der Waals surface area contributed by atoms with E-state index < -0.39 is 0 Å². The van der Waals surface area contributed by atoms with Gasteiger partial charge in [-0.25, -0.2) is 0 Å². The lowest BCUT2D eigenvalue weighted by Gasteiger charge is -2.00. The summed E-state index contributed by atoms with van der Waals surface area (Å²) in [6, 6.07) is 7.21. The first-order chi connectivity index (χ1) is 7.13. The van der Waals surface area contributed by atoms with Gasteiger partial charge in [0, 0.05) is 18.4 Å². The molecular formula is C13H14O2. The van der Waals surface area contributed by atoms with Crippen molar-refractivity contribution in [2.75, 3.05) is 0 Å². The molecule has 0 aliphatic heterocycles. The third-order valence-corrected chi connectivity index (χ3v) is 2.17. The summed E-state index contributed by atoms with van der Waals surface area (Å²) in [7, 11) is 0. The molecule has 0 heterocycles. The second kappa shape index (κ2) is 5.25. The average molecular weight is 202 g/mol. The van der Waals surface area contributed by atoms with Gasteiger partial charge >= 0.3 is 0 Å². The first-order valence-corrected chi connectivity index (χ1v) is 4.88. The Kier molecular flexibility index (Phi) is 3.98. The first-order valence-electron chi connectivity index (χ1n) is 4.88. The van der Waals surface area contributed by atoms with Gasteiger partial charge < -0.3 is 4.79 Å². The Morgan fingerprint density at radius 2 is 1.80 bits per heavy atom. The van der Waals surface area contributed by atoms with Crippen molar-refractivity contribution in [2.45, 2.75) is 19.8 Å². The van der Waals surface area contributed by atoms with Crippen molar-refractivity contribution in [2.24, 2.45) is 0 Å². The highest BCUT2D eigenvalue weighted by atomic mass is 16.1. The summed E-state index contributed by atoms with van der Waals surface area (Å²) in [4.78, 5) is 22.3. The van der Waals surface area contributed by atoms with Crippen LogP contribution in [0.3, 0.4) is 0 Å². The second-order valence-electron chi connectivity index (χ2n) is 3.45. The first kappa shape index (κ1) is 11.4. The molecular weight excluding hydrogens is 188 g/mol. The van der Waals surface area contributed by atoms with Crippen molar-refractivity contribution in [1.29, 1.82) is 0 Å². The van der Waals surface area contributed by atoms with E-state index in [1.807, 2.05) is 12.1 Å². The van der Waals surface area contributed by atoms with E-state index in [0.717, 1.165) is 5.56 Å². The van der Waals surface area contributed by atoms with Crippen molar-refractivity contribution >= 4 is 17.6 Å². The van der Waals surface area contributed by atoms with Crippen LogP contribution in [0.15, 0.2) is 30.8 Å². The molecule has 0 saturated heterocycles. The van der Waals surface area contributed by atoms with Gasteiger partial charge in [0.25, 0.3) is 0 Å². The molecule has 1 aromatic carbocycles. The lowest BCUT2D eigenvalue weighted by Crippen LogP contribution is -2.01. The molecule has 0 radical (unpaired) electrons. The number of rotatable bonds is 5. The summed E-state index contributed by atoms with van der Waals surface area (Å²) in [5.74, 6) is 0.0619. The zero-order valence-corrected chi connectivity index (χ0v) is 8.82. The Labute approximate surface area is 89.6 Å². The normalized spacial score (nSPS) is 9.67. The van der Waals surface area contributed by atoms with E-state index in [-0.39, 0.29) is 11.6 Å². The van der Waals surface area contributed by atoms with E-state index in [9.17, 15) is 9.59 Å². The van der Waals surface area contributed by atoms with Gasteiger partial charge in [-0.15, -0.1) is 0 Å². The monoisotopic (exact) mass is 202 g/mol. The Morgan fingerprint density at radius 1 is 1.20 bits per heavy atom. The van der Waals surface area contributed by atoms with E-state index in [2.05, 4.69) is 6.58 Å². The third kappa shape index (κ3) is 3.50. The zero-order valence-electron chi connectivity index (χ0n) is 8.82.